The van der Waals surface area contributed by atoms with Crippen molar-refractivity contribution >= 4 is 101 Å². The molecule has 0 aromatic heterocycles. The monoisotopic (exact) mass is 288 g/mol. The van der Waals surface area contributed by atoms with Gasteiger partial charge in [0, 0.05) is 0 Å². The molecule has 0 amide bonds. The minimum atomic E-state index is -0.722. The number of rotatable bonds is 0. The van der Waals surface area contributed by atoms with Crippen LogP contribution in [-0.2, 0) is 0 Å². The highest BCUT2D eigenvalue weighted by atomic mass is 32.3. The Morgan fingerprint density at radius 2 is 0.400 bits per heavy atom. The molecule has 0 saturated heterocycles. The van der Waals surface area contributed by atoms with Crippen molar-refractivity contribution in [3.63, 3.8) is 0 Å². The van der Waals surface area contributed by atoms with Crippen LogP contribution >= 0.6 is 101 Å². The zero-order valence-corrected chi connectivity index (χ0v) is 11.7. The summed E-state index contributed by atoms with van der Waals surface area (Å²) in [7, 11) is 0. The maximum Gasteiger partial charge on any atom is 0.142 e. The fourth-order valence-corrected chi connectivity index (χ4v) is 0. The second-order valence-electron chi connectivity index (χ2n) is 1.20. The molecule has 0 fully saturated rings. The first-order valence-corrected chi connectivity index (χ1v) is 5.37. The zero-order chi connectivity index (χ0) is 9.00. The van der Waals surface area contributed by atoms with Gasteiger partial charge in [-0.25, -0.2) is 0 Å². The van der Waals surface area contributed by atoms with Crippen LogP contribution < -0.4 is 0 Å². The molecule has 0 aliphatic heterocycles. The van der Waals surface area contributed by atoms with Crippen LogP contribution in [0.3, 0.4) is 0 Å². The lowest BCUT2D eigenvalue weighted by Gasteiger charge is -2.00. The van der Waals surface area contributed by atoms with E-state index in [9.17, 15) is 0 Å². The van der Waals surface area contributed by atoms with Gasteiger partial charge in [-0.2, -0.15) is 0 Å². The molecule has 0 unspecified atom stereocenters. The first-order chi connectivity index (χ1) is 4.00. The molecule has 0 atom stereocenters. The van der Waals surface area contributed by atoms with Crippen molar-refractivity contribution < 1.29 is 0 Å². The highest BCUT2D eigenvalue weighted by Gasteiger charge is 2.01. The van der Waals surface area contributed by atoms with E-state index in [1.807, 2.05) is 0 Å². The predicted molar refractivity (Wildman–Crippen MR) is 77.3 cm³/mol. The fourth-order valence-electron chi connectivity index (χ4n) is 0. The number of hydrogen-bond donors (Lipinski definition) is 8. The standard InChI is InChI=1S/2CH4S4/c2*2-1(3,4)5/h2*2-5H. The molecule has 0 spiro atoms. The normalized spacial score (nSPS) is 12.0. The van der Waals surface area contributed by atoms with Gasteiger partial charge in [-0.05, 0) is 0 Å². The van der Waals surface area contributed by atoms with Crippen molar-refractivity contribution in [2.75, 3.05) is 0 Å². The van der Waals surface area contributed by atoms with Crippen LogP contribution in [0.25, 0.3) is 0 Å². The second kappa shape index (κ2) is 6.28. The lowest BCUT2D eigenvalue weighted by molar-refractivity contribution is 2.01. The lowest BCUT2D eigenvalue weighted by Crippen LogP contribution is -1.82. The minimum absolute atomic E-state index is 0.722. The van der Waals surface area contributed by atoms with Crippen LogP contribution in [0.5, 0.6) is 0 Å². The predicted octanol–water partition coefficient (Wildman–Crippen LogP) is 2.63. The Morgan fingerprint density at radius 3 is 0.400 bits per heavy atom. The van der Waals surface area contributed by atoms with E-state index in [2.05, 4.69) is 101 Å². The van der Waals surface area contributed by atoms with Gasteiger partial charge in [-0.15, -0.1) is 101 Å². The van der Waals surface area contributed by atoms with Gasteiger partial charge in [-0.3, -0.25) is 0 Å². The highest BCUT2D eigenvalue weighted by Crippen LogP contribution is 2.27. The quantitative estimate of drug-likeness (QED) is 0.244. The molecule has 0 radical (unpaired) electrons. The average molecular weight is 289 g/mol. The van der Waals surface area contributed by atoms with Crippen LogP contribution in [-0.4, -0.2) is 5.49 Å². The number of thiol groups is 8. The van der Waals surface area contributed by atoms with Crippen molar-refractivity contribution in [2.45, 2.75) is 5.49 Å². The Morgan fingerprint density at radius 1 is 0.400 bits per heavy atom. The van der Waals surface area contributed by atoms with E-state index in [0.717, 1.165) is 0 Å². The third-order valence-corrected chi connectivity index (χ3v) is 0. The molecular formula is C2H8S8. The van der Waals surface area contributed by atoms with Gasteiger partial charge >= 0.3 is 0 Å². The molecule has 0 N–H and O–H groups in total. The average Bonchev–Trinajstić information content (AvgIpc) is 1.12. The molecule has 8 heteroatoms. The van der Waals surface area contributed by atoms with E-state index in [4.69, 9.17) is 0 Å². The SMILES string of the molecule is SC(S)(S)S.SC(S)(S)S. The summed E-state index contributed by atoms with van der Waals surface area (Å²) < 4.78 is -1.44. The topological polar surface area (TPSA) is 0 Å². The fraction of sp³-hybridized carbons (Fsp3) is 1.00. The van der Waals surface area contributed by atoms with E-state index in [1.165, 1.54) is 0 Å². The molecule has 0 aromatic carbocycles. The molecule has 0 rings (SSSR count). The van der Waals surface area contributed by atoms with E-state index >= 15 is 0 Å². The lowest BCUT2D eigenvalue weighted by atomic mass is 11.8. The molecule has 0 heterocycles. The summed E-state index contributed by atoms with van der Waals surface area (Å²) in [5.74, 6) is 0. The van der Waals surface area contributed by atoms with Crippen molar-refractivity contribution in [3.05, 3.63) is 0 Å². The molecule has 0 bridgehead atoms. The first kappa shape index (κ1) is 15.3. The Balaban J connectivity index is 0. The Bertz CT molecular complexity index is 50.2. The van der Waals surface area contributed by atoms with Crippen LogP contribution in [0.1, 0.15) is 0 Å². The van der Waals surface area contributed by atoms with Gasteiger partial charge in [0.1, 0.15) is 5.49 Å². The van der Waals surface area contributed by atoms with Gasteiger partial charge in [0.2, 0.25) is 0 Å². The van der Waals surface area contributed by atoms with Crippen LogP contribution in [0.2, 0.25) is 0 Å². The summed E-state index contributed by atoms with van der Waals surface area (Å²) in [6, 6.07) is 0. The molecular weight excluding hydrogens is 281 g/mol. The third-order valence-electron chi connectivity index (χ3n) is 0. The van der Waals surface area contributed by atoms with Crippen molar-refractivity contribution in [1.82, 2.24) is 0 Å². The van der Waals surface area contributed by atoms with Crippen molar-refractivity contribution in [2.24, 2.45) is 0 Å². The van der Waals surface area contributed by atoms with E-state index < -0.39 is 5.49 Å². The van der Waals surface area contributed by atoms with Crippen LogP contribution in [0, 0.1) is 0 Å². The van der Waals surface area contributed by atoms with Gasteiger partial charge in [0.05, 0.1) is 0 Å². The van der Waals surface area contributed by atoms with Crippen molar-refractivity contribution in [3.8, 4) is 0 Å². The summed E-state index contributed by atoms with van der Waals surface area (Å²) in [5, 5.41) is 0. The second-order valence-corrected chi connectivity index (χ2v) is 10.8. The summed E-state index contributed by atoms with van der Waals surface area (Å²) >= 11 is 29.7. The van der Waals surface area contributed by atoms with E-state index in [-0.39, 0.29) is 0 Å². The van der Waals surface area contributed by atoms with Gasteiger partial charge in [0.15, 0.2) is 0 Å². The van der Waals surface area contributed by atoms with Crippen LogP contribution in [0.15, 0.2) is 0 Å². The Labute approximate surface area is 105 Å². The third kappa shape index (κ3) is 132. The molecule has 0 aliphatic rings. The summed E-state index contributed by atoms with van der Waals surface area (Å²) in [4.78, 5) is 0. The summed E-state index contributed by atoms with van der Waals surface area (Å²) in [6.07, 6.45) is 0. The summed E-state index contributed by atoms with van der Waals surface area (Å²) in [6.45, 7) is 0. The minimum Gasteiger partial charge on any atom is -0.141 e. The molecule has 64 valence electrons. The molecule has 0 aliphatic carbocycles. The van der Waals surface area contributed by atoms with Crippen LogP contribution in [0.4, 0.5) is 0 Å². The van der Waals surface area contributed by atoms with E-state index in [1.54, 1.807) is 0 Å². The molecule has 0 aromatic rings. The molecule has 10 heavy (non-hydrogen) atoms. The Kier molecular flexibility index (Phi) is 9.60. The van der Waals surface area contributed by atoms with E-state index in [0.29, 0.717) is 0 Å². The van der Waals surface area contributed by atoms with Gasteiger partial charge < -0.3 is 0 Å². The first-order valence-electron chi connectivity index (χ1n) is 1.79. The maximum atomic E-state index is 3.72. The maximum absolute atomic E-state index is 3.72. The summed E-state index contributed by atoms with van der Waals surface area (Å²) in [5.41, 5.74) is 0. The smallest absolute Gasteiger partial charge is 0.141 e. The van der Waals surface area contributed by atoms with Crippen molar-refractivity contribution in [1.29, 1.82) is 0 Å². The Hall–Kier alpha value is 2.80. The number of hydrogen-bond acceptors (Lipinski definition) is 8. The van der Waals surface area contributed by atoms with Gasteiger partial charge in [0.25, 0.3) is 0 Å². The highest BCUT2D eigenvalue weighted by molar-refractivity contribution is 8.32. The van der Waals surface area contributed by atoms with Gasteiger partial charge in [-0.1, -0.05) is 0 Å². The zero-order valence-electron chi connectivity index (χ0n) is 4.58. The molecule has 0 saturated carbocycles. The largest absolute Gasteiger partial charge is 0.142 e. The molecule has 0 nitrogen and oxygen atoms in total.